The minimum Gasteiger partial charge on any atom is -0.508 e. The minimum absolute atomic E-state index is 0.0559. The summed E-state index contributed by atoms with van der Waals surface area (Å²) in [7, 11) is 0. The molecule has 1 fully saturated rings. The van der Waals surface area contributed by atoms with Gasteiger partial charge in [-0.05, 0) is 77.9 Å². The Balaban J connectivity index is 1.46. The van der Waals surface area contributed by atoms with Gasteiger partial charge in [0, 0.05) is 17.7 Å². The molecule has 3 atom stereocenters. The largest absolute Gasteiger partial charge is 0.508 e. The number of benzene rings is 4. The van der Waals surface area contributed by atoms with Crippen LogP contribution in [0.1, 0.15) is 42.5 Å². The second-order valence-corrected chi connectivity index (χ2v) is 9.95. The summed E-state index contributed by atoms with van der Waals surface area (Å²) in [5.74, 6) is 0.0402. The van der Waals surface area contributed by atoms with Gasteiger partial charge in [-0.15, -0.1) is 0 Å². The van der Waals surface area contributed by atoms with Crippen LogP contribution in [0.3, 0.4) is 0 Å². The lowest BCUT2D eigenvalue weighted by Gasteiger charge is -2.31. The Morgan fingerprint density at radius 1 is 0.865 bits per heavy atom. The molecule has 0 bridgehead atoms. The monoisotopic (exact) mass is 513 g/mol. The van der Waals surface area contributed by atoms with Crippen molar-refractivity contribution < 1.29 is 19.7 Å². The van der Waals surface area contributed by atoms with Crippen molar-refractivity contribution in [1.29, 1.82) is 0 Å². The van der Waals surface area contributed by atoms with E-state index in [1.165, 1.54) is 12.1 Å². The Hall–Kier alpha value is -3.74. The number of hydrogen-bond donors (Lipinski definition) is 3. The standard InChI is InChI=1S/C31H28FNO3S/c32-24-13-9-20(10-14-24)28(35)16-12-23-19-30(37)33(25-6-2-1-3-7-25)31(23)27-15-11-22(18-29(27)36)21-5-4-8-26(34)17-21/h1-11,13-15,17-18,23,28,31,34-36H,12,16,19H2/t23-,28+,31+/m1/s1. The lowest BCUT2D eigenvalue weighted by atomic mass is 9.87. The van der Waals surface area contributed by atoms with E-state index in [9.17, 15) is 19.7 Å². The van der Waals surface area contributed by atoms with Gasteiger partial charge in [0.05, 0.1) is 17.1 Å². The number of aliphatic hydroxyl groups is 1. The van der Waals surface area contributed by atoms with Gasteiger partial charge < -0.3 is 20.2 Å². The van der Waals surface area contributed by atoms with Gasteiger partial charge >= 0.3 is 0 Å². The van der Waals surface area contributed by atoms with E-state index in [1.807, 2.05) is 48.5 Å². The number of halogens is 1. The summed E-state index contributed by atoms with van der Waals surface area (Å²) in [4.78, 5) is 2.89. The first kappa shape index (κ1) is 24.9. The van der Waals surface area contributed by atoms with Crippen LogP contribution in [-0.2, 0) is 0 Å². The SMILES string of the molecule is Oc1cccc(-c2ccc([C@@H]3[C@H](CC[C@H](O)c4ccc(F)cc4)CC(=S)N3c3ccccc3)c(O)c2)c1. The van der Waals surface area contributed by atoms with E-state index < -0.39 is 6.10 Å². The number of para-hydroxylation sites is 1. The van der Waals surface area contributed by atoms with Crippen LogP contribution in [0, 0.1) is 11.7 Å². The normalized spacial score (nSPS) is 18.2. The molecule has 37 heavy (non-hydrogen) atoms. The first-order valence-electron chi connectivity index (χ1n) is 12.3. The molecule has 4 aromatic rings. The first-order valence-corrected chi connectivity index (χ1v) is 12.7. The lowest BCUT2D eigenvalue weighted by Crippen LogP contribution is -2.28. The Morgan fingerprint density at radius 3 is 2.30 bits per heavy atom. The molecule has 5 rings (SSSR count). The number of rotatable bonds is 7. The fourth-order valence-electron chi connectivity index (χ4n) is 5.23. The molecule has 0 amide bonds. The molecule has 4 aromatic carbocycles. The van der Waals surface area contributed by atoms with Crippen LogP contribution in [-0.4, -0.2) is 20.3 Å². The van der Waals surface area contributed by atoms with Crippen LogP contribution >= 0.6 is 12.2 Å². The summed E-state index contributed by atoms with van der Waals surface area (Å²) in [6.45, 7) is 0. The zero-order valence-electron chi connectivity index (χ0n) is 20.2. The van der Waals surface area contributed by atoms with Crippen LogP contribution in [0.4, 0.5) is 10.1 Å². The molecule has 0 radical (unpaired) electrons. The summed E-state index contributed by atoms with van der Waals surface area (Å²) < 4.78 is 13.3. The number of nitrogens with zero attached hydrogens (tertiary/aromatic N) is 1. The summed E-state index contributed by atoms with van der Waals surface area (Å²) in [6, 6.07) is 28.1. The molecule has 0 aliphatic carbocycles. The fraction of sp³-hybridized carbons (Fsp3) is 0.194. The third-order valence-electron chi connectivity index (χ3n) is 7.06. The van der Waals surface area contributed by atoms with Gasteiger partial charge in [-0.25, -0.2) is 4.39 Å². The zero-order chi connectivity index (χ0) is 25.9. The van der Waals surface area contributed by atoms with Gasteiger partial charge in [0.1, 0.15) is 17.3 Å². The molecule has 0 aromatic heterocycles. The van der Waals surface area contributed by atoms with E-state index in [0.717, 1.165) is 27.4 Å². The Morgan fingerprint density at radius 2 is 1.59 bits per heavy atom. The molecule has 1 aliphatic rings. The van der Waals surface area contributed by atoms with Crippen molar-refractivity contribution in [3.8, 4) is 22.6 Å². The Kier molecular flexibility index (Phi) is 7.22. The van der Waals surface area contributed by atoms with E-state index in [2.05, 4.69) is 4.90 Å². The maximum atomic E-state index is 13.3. The van der Waals surface area contributed by atoms with Crippen molar-refractivity contribution in [3.05, 3.63) is 114 Å². The lowest BCUT2D eigenvalue weighted by molar-refractivity contribution is 0.155. The molecule has 0 unspecified atom stereocenters. The van der Waals surface area contributed by atoms with Crippen molar-refractivity contribution in [1.82, 2.24) is 0 Å². The van der Waals surface area contributed by atoms with Crippen LogP contribution in [0.15, 0.2) is 97.1 Å². The highest BCUT2D eigenvalue weighted by atomic mass is 32.1. The van der Waals surface area contributed by atoms with E-state index >= 15 is 0 Å². The maximum absolute atomic E-state index is 13.3. The number of phenols is 2. The predicted octanol–water partition coefficient (Wildman–Crippen LogP) is 7.31. The van der Waals surface area contributed by atoms with Crippen LogP contribution in [0.25, 0.3) is 11.1 Å². The minimum atomic E-state index is -0.720. The number of phenolic OH excluding ortho intramolecular Hbond substituents is 2. The molecule has 3 N–H and O–H groups in total. The fourth-order valence-corrected chi connectivity index (χ4v) is 5.66. The van der Waals surface area contributed by atoms with Crippen LogP contribution in [0.2, 0.25) is 0 Å². The smallest absolute Gasteiger partial charge is 0.123 e. The van der Waals surface area contributed by atoms with E-state index in [-0.39, 0.29) is 29.3 Å². The average Bonchev–Trinajstić information content (AvgIpc) is 3.23. The number of thiocarbonyl (C=S) groups is 1. The molecule has 4 nitrogen and oxygen atoms in total. The molecule has 6 heteroatoms. The molecule has 188 valence electrons. The molecule has 1 saturated heterocycles. The van der Waals surface area contributed by atoms with Gasteiger partial charge in [0.2, 0.25) is 0 Å². The molecular weight excluding hydrogens is 485 g/mol. The van der Waals surface area contributed by atoms with Crippen LogP contribution < -0.4 is 4.90 Å². The highest BCUT2D eigenvalue weighted by molar-refractivity contribution is 7.80. The van der Waals surface area contributed by atoms with Gasteiger partial charge in [0.15, 0.2) is 0 Å². The molecule has 1 heterocycles. The van der Waals surface area contributed by atoms with Crippen molar-refractivity contribution in [2.75, 3.05) is 4.90 Å². The van der Waals surface area contributed by atoms with E-state index in [4.69, 9.17) is 12.2 Å². The molecule has 0 saturated carbocycles. The topological polar surface area (TPSA) is 63.9 Å². The molecular formula is C31H28FNO3S. The van der Waals surface area contributed by atoms with Crippen molar-refractivity contribution in [2.45, 2.75) is 31.4 Å². The van der Waals surface area contributed by atoms with Crippen molar-refractivity contribution in [2.24, 2.45) is 5.92 Å². The predicted molar refractivity (Wildman–Crippen MR) is 148 cm³/mol. The second kappa shape index (κ2) is 10.7. The zero-order valence-corrected chi connectivity index (χ0v) is 21.0. The van der Waals surface area contributed by atoms with Gasteiger partial charge in [-0.1, -0.05) is 66.8 Å². The number of aromatic hydroxyl groups is 2. The molecule has 0 spiro atoms. The summed E-state index contributed by atoms with van der Waals surface area (Å²) in [5.41, 5.74) is 4.00. The maximum Gasteiger partial charge on any atom is 0.123 e. The third kappa shape index (κ3) is 5.36. The molecule has 1 aliphatic heterocycles. The van der Waals surface area contributed by atoms with Crippen molar-refractivity contribution in [3.63, 3.8) is 0 Å². The van der Waals surface area contributed by atoms with E-state index in [0.29, 0.717) is 24.8 Å². The first-order chi connectivity index (χ1) is 17.9. The summed E-state index contributed by atoms with van der Waals surface area (Å²) in [5, 5.41) is 31.9. The van der Waals surface area contributed by atoms with Gasteiger partial charge in [-0.2, -0.15) is 0 Å². The summed E-state index contributed by atoms with van der Waals surface area (Å²) >= 11 is 5.84. The highest BCUT2D eigenvalue weighted by Gasteiger charge is 2.40. The Bertz CT molecular complexity index is 1390. The van der Waals surface area contributed by atoms with Crippen molar-refractivity contribution >= 4 is 22.9 Å². The van der Waals surface area contributed by atoms with Crippen LogP contribution in [0.5, 0.6) is 11.5 Å². The van der Waals surface area contributed by atoms with E-state index in [1.54, 1.807) is 36.4 Å². The second-order valence-electron chi connectivity index (χ2n) is 9.48. The number of aliphatic hydroxyl groups excluding tert-OH is 1. The van der Waals surface area contributed by atoms with Gasteiger partial charge in [-0.3, -0.25) is 0 Å². The van der Waals surface area contributed by atoms with Gasteiger partial charge in [0.25, 0.3) is 0 Å². The quantitative estimate of drug-likeness (QED) is 0.226. The number of hydrogen-bond acceptors (Lipinski definition) is 4. The third-order valence-corrected chi connectivity index (χ3v) is 7.42. The average molecular weight is 514 g/mol. The highest BCUT2D eigenvalue weighted by Crippen LogP contribution is 2.47. The number of anilines is 1. The Labute approximate surface area is 221 Å². The summed E-state index contributed by atoms with van der Waals surface area (Å²) in [6.07, 6.45) is 1.08.